The first-order chi connectivity index (χ1) is 6.29. The van der Waals surface area contributed by atoms with E-state index in [1.165, 1.54) is 5.56 Å². The van der Waals surface area contributed by atoms with Crippen molar-refractivity contribution in [2.24, 2.45) is 0 Å². The van der Waals surface area contributed by atoms with Crippen LogP contribution in [0.3, 0.4) is 0 Å². The standard InChI is InChI=1S/C11H12BrN/c1-9-10(6-3-7-12)4-2-5-11(9)8-13/h2,4-5H,3,6-7H2,1H3. The van der Waals surface area contributed by atoms with Crippen molar-refractivity contribution >= 4 is 15.9 Å². The normalized spacial score (nSPS) is 9.62. The zero-order chi connectivity index (χ0) is 9.68. The fourth-order valence-corrected chi connectivity index (χ4v) is 1.61. The van der Waals surface area contributed by atoms with Crippen molar-refractivity contribution in [2.75, 3.05) is 5.33 Å². The number of alkyl halides is 1. The van der Waals surface area contributed by atoms with Crippen LogP contribution < -0.4 is 0 Å². The molecular weight excluding hydrogens is 226 g/mol. The van der Waals surface area contributed by atoms with Gasteiger partial charge in [-0.2, -0.15) is 5.26 Å². The minimum absolute atomic E-state index is 0.798. The number of halogens is 1. The van der Waals surface area contributed by atoms with Gasteiger partial charge in [-0.1, -0.05) is 28.1 Å². The molecule has 1 rings (SSSR count). The summed E-state index contributed by atoms with van der Waals surface area (Å²) in [5, 5.41) is 9.83. The van der Waals surface area contributed by atoms with E-state index in [9.17, 15) is 0 Å². The molecule has 0 amide bonds. The number of nitriles is 1. The molecule has 0 aromatic heterocycles. The second-order valence-electron chi connectivity index (χ2n) is 2.99. The Labute approximate surface area is 87.5 Å². The van der Waals surface area contributed by atoms with Crippen molar-refractivity contribution in [2.45, 2.75) is 19.8 Å². The van der Waals surface area contributed by atoms with E-state index in [2.05, 4.69) is 28.1 Å². The maximum absolute atomic E-state index is 8.81. The lowest BCUT2D eigenvalue weighted by molar-refractivity contribution is 0.928. The molecule has 0 aliphatic carbocycles. The van der Waals surface area contributed by atoms with Crippen molar-refractivity contribution in [3.05, 3.63) is 34.9 Å². The molecule has 0 spiro atoms. The average Bonchev–Trinajstić information content (AvgIpc) is 2.16. The summed E-state index contributed by atoms with van der Waals surface area (Å²) in [5.41, 5.74) is 3.22. The van der Waals surface area contributed by atoms with Gasteiger partial charge in [0.1, 0.15) is 0 Å². The Morgan fingerprint density at radius 2 is 2.23 bits per heavy atom. The van der Waals surface area contributed by atoms with Crippen molar-refractivity contribution in [1.82, 2.24) is 0 Å². The van der Waals surface area contributed by atoms with Gasteiger partial charge in [0.25, 0.3) is 0 Å². The number of hydrogen-bond donors (Lipinski definition) is 0. The van der Waals surface area contributed by atoms with Crippen LogP contribution >= 0.6 is 15.9 Å². The summed E-state index contributed by atoms with van der Waals surface area (Å²) in [6.07, 6.45) is 2.17. The molecule has 0 aliphatic heterocycles. The lowest BCUT2D eigenvalue weighted by atomic mass is 10.00. The van der Waals surface area contributed by atoms with Gasteiger partial charge in [-0.05, 0) is 37.0 Å². The van der Waals surface area contributed by atoms with Crippen molar-refractivity contribution in [1.29, 1.82) is 5.26 Å². The Bertz CT molecular complexity index is 325. The summed E-state index contributed by atoms with van der Waals surface area (Å²) in [6, 6.07) is 8.12. The third-order valence-electron chi connectivity index (χ3n) is 2.15. The zero-order valence-corrected chi connectivity index (χ0v) is 9.26. The third-order valence-corrected chi connectivity index (χ3v) is 2.71. The van der Waals surface area contributed by atoms with Gasteiger partial charge in [0.2, 0.25) is 0 Å². The first kappa shape index (κ1) is 10.3. The number of hydrogen-bond acceptors (Lipinski definition) is 1. The fraction of sp³-hybridized carbons (Fsp3) is 0.364. The first-order valence-electron chi connectivity index (χ1n) is 4.34. The van der Waals surface area contributed by atoms with Crippen LogP contribution in [0.1, 0.15) is 23.1 Å². The highest BCUT2D eigenvalue weighted by Crippen LogP contribution is 2.14. The Kier molecular flexibility index (Phi) is 3.98. The fourth-order valence-electron chi connectivity index (χ4n) is 1.33. The second-order valence-corrected chi connectivity index (χ2v) is 3.79. The van der Waals surface area contributed by atoms with E-state index >= 15 is 0 Å². The smallest absolute Gasteiger partial charge is 0.0994 e. The topological polar surface area (TPSA) is 23.8 Å². The van der Waals surface area contributed by atoms with E-state index in [1.54, 1.807) is 0 Å². The van der Waals surface area contributed by atoms with Crippen LogP contribution in [0.15, 0.2) is 18.2 Å². The Morgan fingerprint density at radius 1 is 1.46 bits per heavy atom. The summed E-state index contributed by atoms with van der Waals surface area (Å²) in [5.74, 6) is 0. The Hall–Kier alpha value is -0.810. The van der Waals surface area contributed by atoms with Gasteiger partial charge in [0, 0.05) is 5.33 Å². The van der Waals surface area contributed by atoms with Gasteiger partial charge >= 0.3 is 0 Å². The molecule has 0 fully saturated rings. The quantitative estimate of drug-likeness (QED) is 0.742. The molecule has 1 aromatic carbocycles. The maximum atomic E-state index is 8.81. The van der Waals surface area contributed by atoms with Gasteiger partial charge < -0.3 is 0 Å². The number of nitrogens with zero attached hydrogens (tertiary/aromatic N) is 1. The second kappa shape index (κ2) is 5.04. The van der Waals surface area contributed by atoms with E-state index in [-0.39, 0.29) is 0 Å². The van der Waals surface area contributed by atoms with Gasteiger partial charge in [-0.3, -0.25) is 0 Å². The minimum Gasteiger partial charge on any atom is -0.192 e. The van der Waals surface area contributed by atoms with Crippen LogP contribution in [-0.2, 0) is 6.42 Å². The molecule has 68 valence electrons. The predicted molar refractivity (Wildman–Crippen MR) is 58.0 cm³/mol. The molecule has 0 radical (unpaired) electrons. The van der Waals surface area contributed by atoms with E-state index in [1.807, 2.05) is 19.1 Å². The van der Waals surface area contributed by atoms with Crippen molar-refractivity contribution in [3.8, 4) is 6.07 Å². The molecule has 0 saturated heterocycles. The van der Waals surface area contributed by atoms with Gasteiger partial charge in [0.05, 0.1) is 11.6 Å². The predicted octanol–water partition coefficient (Wildman–Crippen LogP) is 3.19. The first-order valence-corrected chi connectivity index (χ1v) is 5.46. The van der Waals surface area contributed by atoms with E-state index in [0.717, 1.165) is 29.3 Å². The SMILES string of the molecule is Cc1c(C#N)cccc1CCCBr. The highest BCUT2D eigenvalue weighted by Gasteiger charge is 2.01. The van der Waals surface area contributed by atoms with E-state index in [4.69, 9.17) is 5.26 Å². The van der Waals surface area contributed by atoms with Crippen LogP contribution in [-0.4, -0.2) is 5.33 Å². The molecule has 0 heterocycles. The Morgan fingerprint density at radius 3 is 2.85 bits per heavy atom. The molecule has 0 N–H and O–H groups in total. The molecule has 1 aromatic rings. The van der Waals surface area contributed by atoms with Crippen LogP contribution in [0, 0.1) is 18.3 Å². The summed E-state index contributed by atoms with van der Waals surface area (Å²) in [7, 11) is 0. The van der Waals surface area contributed by atoms with Gasteiger partial charge in [-0.25, -0.2) is 0 Å². The van der Waals surface area contributed by atoms with Crippen LogP contribution in [0.2, 0.25) is 0 Å². The molecule has 13 heavy (non-hydrogen) atoms. The molecule has 0 unspecified atom stereocenters. The third kappa shape index (κ3) is 2.57. The van der Waals surface area contributed by atoms with Crippen LogP contribution in [0.5, 0.6) is 0 Å². The summed E-state index contributed by atoms with van der Waals surface area (Å²) < 4.78 is 0. The number of rotatable bonds is 3. The monoisotopic (exact) mass is 237 g/mol. The molecular formula is C11H12BrN. The number of aryl methyl sites for hydroxylation is 1. The highest BCUT2D eigenvalue weighted by atomic mass is 79.9. The van der Waals surface area contributed by atoms with Gasteiger partial charge in [0.15, 0.2) is 0 Å². The lowest BCUT2D eigenvalue weighted by Crippen LogP contribution is -1.93. The summed E-state index contributed by atoms with van der Waals surface area (Å²) >= 11 is 3.40. The highest BCUT2D eigenvalue weighted by molar-refractivity contribution is 9.09. The number of benzene rings is 1. The van der Waals surface area contributed by atoms with E-state index in [0.29, 0.717) is 0 Å². The molecule has 0 bridgehead atoms. The molecule has 0 saturated carbocycles. The van der Waals surface area contributed by atoms with Crippen LogP contribution in [0.4, 0.5) is 0 Å². The Balaban J connectivity index is 2.90. The molecule has 2 heteroatoms. The minimum atomic E-state index is 0.798. The van der Waals surface area contributed by atoms with Gasteiger partial charge in [-0.15, -0.1) is 0 Å². The zero-order valence-electron chi connectivity index (χ0n) is 7.68. The van der Waals surface area contributed by atoms with E-state index < -0.39 is 0 Å². The van der Waals surface area contributed by atoms with Crippen molar-refractivity contribution < 1.29 is 0 Å². The largest absolute Gasteiger partial charge is 0.192 e. The summed E-state index contributed by atoms with van der Waals surface area (Å²) in [6.45, 7) is 2.02. The van der Waals surface area contributed by atoms with Crippen molar-refractivity contribution in [3.63, 3.8) is 0 Å². The average molecular weight is 238 g/mol. The molecule has 1 nitrogen and oxygen atoms in total. The van der Waals surface area contributed by atoms with Crippen LogP contribution in [0.25, 0.3) is 0 Å². The maximum Gasteiger partial charge on any atom is 0.0994 e. The lowest BCUT2D eigenvalue weighted by Gasteiger charge is -2.05. The molecule has 0 aliphatic rings. The molecule has 0 atom stereocenters. The summed E-state index contributed by atoms with van der Waals surface area (Å²) in [4.78, 5) is 0.